The smallest absolute Gasteiger partial charge is 0.236 e. The molecule has 6 heteroatoms. The fourth-order valence-corrected chi connectivity index (χ4v) is 4.42. The lowest BCUT2D eigenvalue weighted by Crippen LogP contribution is -2.28. The summed E-state index contributed by atoms with van der Waals surface area (Å²) in [6, 6.07) is 9.63. The number of benzene rings is 1. The number of carbonyl (C=O) groups is 1. The summed E-state index contributed by atoms with van der Waals surface area (Å²) in [6.45, 7) is 0.237. The van der Waals surface area contributed by atoms with Crippen molar-refractivity contribution in [3.63, 3.8) is 0 Å². The van der Waals surface area contributed by atoms with Crippen LogP contribution in [0.3, 0.4) is 0 Å². The number of hydrogen-bond donors (Lipinski definition) is 1. The van der Waals surface area contributed by atoms with Gasteiger partial charge in [-0.1, -0.05) is 38.2 Å². The Morgan fingerprint density at radius 3 is 2.61 bits per heavy atom. The molecule has 1 N–H and O–H groups in total. The van der Waals surface area contributed by atoms with Gasteiger partial charge in [0, 0.05) is 0 Å². The molecule has 6 nitrogen and oxygen atoms in total. The summed E-state index contributed by atoms with van der Waals surface area (Å²) in [5.41, 5.74) is 1.49. The van der Waals surface area contributed by atoms with E-state index >= 15 is 0 Å². The van der Waals surface area contributed by atoms with Crippen LogP contribution in [0.5, 0.6) is 11.5 Å². The van der Waals surface area contributed by atoms with Crippen molar-refractivity contribution in [2.45, 2.75) is 56.8 Å². The van der Waals surface area contributed by atoms with Gasteiger partial charge in [0.15, 0.2) is 17.3 Å². The average molecular weight is 379 g/mol. The Morgan fingerprint density at radius 1 is 1.04 bits per heavy atom. The highest BCUT2D eigenvalue weighted by molar-refractivity contribution is 6.00. The van der Waals surface area contributed by atoms with E-state index < -0.39 is 5.41 Å². The molecule has 2 saturated carbocycles. The quantitative estimate of drug-likeness (QED) is 0.850. The van der Waals surface area contributed by atoms with Gasteiger partial charge < -0.3 is 14.8 Å². The Morgan fingerprint density at radius 2 is 1.86 bits per heavy atom. The fourth-order valence-electron chi connectivity index (χ4n) is 4.42. The number of ether oxygens (including phenoxy) is 2. The van der Waals surface area contributed by atoms with Crippen molar-refractivity contribution < 1.29 is 14.3 Å². The zero-order chi connectivity index (χ0) is 19.0. The van der Waals surface area contributed by atoms with E-state index in [2.05, 4.69) is 15.5 Å². The van der Waals surface area contributed by atoms with Crippen LogP contribution in [-0.2, 0) is 16.6 Å². The molecule has 0 spiro atoms. The third-order valence-electron chi connectivity index (χ3n) is 6.29. The molecule has 28 heavy (non-hydrogen) atoms. The molecule has 0 bridgehead atoms. The minimum absolute atomic E-state index is 0.0271. The summed E-state index contributed by atoms with van der Waals surface area (Å²) in [5, 5.41) is 11.6. The van der Waals surface area contributed by atoms with E-state index in [-0.39, 0.29) is 12.7 Å². The molecule has 1 aromatic heterocycles. The number of fused-ring (bicyclic) bond motifs is 1. The van der Waals surface area contributed by atoms with E-state index in [1.165, 1.54) is 32.1 Å². The maximum atomic E-state index is 12.9. The molecule has 2 fully saturated rings. The topological polar surface area (TPSA) is 73.3 Å². The second-order valence-corrected chi connectivity index (χ2v) is 8.22. The van der Waals surface area contributed by atoms with Crippen LogP contribution in [0.1, 0.15) is 56.2 Å². The Hall–Kier alpha value is -2.63. The third-order valence-corrected chi connectivity index (χ3v) is 6.29. The van der Waals surface area contributed by atoms with Gasteiger partial charge in [0.05, 0.1) is 11.1 Å². The van der Waals surface area contributed by atoms with E-state index in [1.54, 1.807) is 0 Å². The average Bonchev–Trinajstić information content (AvgIpc) is 3.41. The lowest BCUT2D eigenvalue weighted by molar-refractivity contribution is -0.118. The van der Waals surface area contributed by atoms with Crippen LogP contribution in [0.4, 0.5) is 5.82 Å². The monoisotopic (exact) mass is 379 g/mol. The maximum absolute atomic E-state index is 12.9. The van der Waals surface area contributed by atoms with Crippen LogP contribution in [0.2, 0.25) is 0 Å². The lowest BCUT2D eigenvalue weighted by Gasteiger charge is -2.20. The van der Waals surface area contributed by atoms with Gasteiger partial charge in [-0.2, -0.15) is 5.10 Å². The molecule has 2 heterocycles. The normalized spacial score (nSPS) is 20.0. The number of nitrogens with one attached hydrogen (secondary N) is 1. The van der Waals surface area contributed by atoms with Gasteiger partial charge in [-0.3, -0.25) is 4.79 Å². The lowest BCUT2D eigenvalue weighted by atomic mass is 9.86. The largest absolute Gasteiger partial charge is 0.454 e. The molecule has 5 rings (SSSR count). The highest BCUT2D eigenvalue weighted by Gasteiger charge is 2.51. The van der Waals surface area contributed by atoms with E-state index in [9.17, 15) is 4.79 Å². The van der Waals surface area contributed by atoms with Gasteiger partial charge in [-0.05, 0) is 55.0 Å². The van der Waals surface area contributed by atoms with Crippen molar-refractivity contribution in [1.29, 1.82) is 0 Å². The van der Waals surface area contributed by atoms with Gasteiger partial charge in [0.2, 0.25) is 12.7 Å². The molecule has 1 aliphatic heterocycles. The summed E-state index contributed by atoms with van der Waals surface area (Å²) in [6.07, 6.45) is 9.23. The van der Waals surface area contributed by atoms with E-state index in [1.807, 2.05) is 30.3 Å². The third kappa shape index (κ3) is 3.32. The zero-order valence-electron chi connectivity index (χ0n) is 15.9. The number of nitrogens with zero attached hydrogens (tertiary/aromatic N) is 2. The molecule has 3 aliphatic rings. The highest BCUT2D eigenvalue weighted by Crippen LogP contribution is 2.51. The molecule has 1 amide bonds. The number of aromatic nitrogens is 2. The van der Waals surface area contributed by atoms with Crippen LogP contribution >= 0.6 is 0 Å². The highest BCUT2D eigenvalue weighted by atomic mass is 16.7. The van der Waals surface area contributed by atoms with Crippen molar-refractivity contribution >= 4 is 11.7 Å². The van der Waals surface area contributed by atoms with Gasteiger partial charge in [0.1, 0.15) is 0 Å². The molecule has 2 aromatic rings. The predicted molar refractivity (Wildman–Crippen MR) is 104 cm³/mol. The first-order valence-electron chi connectivity index (χ1n) is 10.3. The van der Waals surface area contributed by atoms with Crippen LogP contribution in [0.15, 0.2) is 30.3 Å². The van der Waals surface area contributed by atoms with Crippen molar-refractivity contribution in [3.8, 4) is 11.5 Å². The van der Waals surface area contributed by atoms with Crippen LogP contribution in [0, 0.1) is 5.92 Å². The van der Waals surface area contributed by atoms with E-state index in [4.69, 9.17) is 9.47 Å². The van der Waals surface area contributed by atoms with Crippen LogP contribution in [0.25, 0.3) is 0 Å². The first kappa shape index (κ1) is 17.5. The van der Waals surface area contributed by atoms with Crippen molar-refractivity contribution in [1.82, 2.24) is 10.2 Å². The van der Waals surface area contributed by atoms with Gasteiger partial charge in [0.25, 0.3) is 0 Å². The molecule has 1 aromatic carbocycles. The number of anilines is 1. The number of amides is 1. The van der Waals surface area contributed by atoms with E-state index in [0.29, 0.717) is 11.6 Å². The number of hydrogen-bond acceptors (Lipinski definition) is 5. The minimum Gasteiger partial charge on any atom is -0.454 e. The molecule has 146 valence electrons. The van der Waals surface area contributed by atoms with Crippen LogP contribution < -0.4 is 14.8 Å². The zero-order valence-corrected chi connectivity index (χ0v) is 15.9. The van der Waals surface area contributed by atoms with Gasteiger partial charge in [-0.15, -0.1) is 5.10 Å². The van der Waals surface area contributed by atoms with Gasteiger partial charge >= 0.3 is 0 Å². The van der Waals surface area contributed by atoms with Crippen molar-refractivity contribution in [2.75, 3.05) is 12.1 Å². The van der Waals surface area contributed by atoms with Gasteiger partial charge in [-0.25, -0.2) is 0 Å². The summed E-state index contributed by atoms with van der Waals surface area (Å²) in [4.78, 5) is 12.9. The molecule has 2 aliphatic carbocycles. The van der Waals surface area contributed by atoms with Crippen LogP contribution in [-0.4, -0.2) is 22.9 Å². The summed E-state index contributed by atoms with van der Waals surface area (Å²) < 4.78 is 10.8. The van der Waals surface area contributed by atoms with E-state index in [0.717, 1.165) is 42.2 Å². The first-order valence-corrected chi connectivity index (χ1v) is 10.3. The second-order valence-electron chi connectivity index (χ2n) is 8.22. The Bertz CT molecular complexity index is 871. The predicted octanol–water partition coefficient (Wildman–Crippen LogP) is 4.00. The molecule has 0 radical (unpaired) electrons. The molecular weight excluding hydrogens is 354 g/mol. The summed E-state index contributed by atoms with van der Waals surface area (Å²) in [5.74, 6) is 2.66. The maximum Gasteiger partial charge on any atom is 0.236 e. The summed E-state index contributed by atoms with van der Waals surface area (Å²) >= 11 is 0. The molecule has 0 atom stereocenters. The Balaban J connectivity index is 1.25. The molecule has 0 unspecified atom stereocenters. The first-order chi connectivity index (χ1) is 13.7. The molecular formula is C22H25N3O3. The SMILES string of the molecule is O=C(Nc1ccc(CC2CCCCC2)nn1)C1(c2ccc3c(c2)OCO3)CC1. The standard InChI is InChI=1S/C22H25N3O3/c26-21(22(10-11-22)16-6-8-18-19(13-16)28-14-27-18)23-20-9-7-17(24-25-20)12-15-4-2-1-3-5-15/h6-9,13,15H,1-5,10-12,14H2,(H,23,25,26). The Labute approximate surface area is 164 Å². The second kappa shape index (κ2) is 7.08. The fraction of sp³-hybridized carbons (Fsp3) is 0.500. The summed E-state index contributed by atoms with van der Waals surface area (Å²) in [7, 11) is 0. The number of carbonyl (C=O) groups excluding carboxylic acids is 1. The molecule has 0 saturated heterocycles. The van der Waals surface area contributed by atoms with Crippen molar-refractivity contribution in [2.24, 2.45) is 5.92 Å². The number of rotatable bonds is 5. The minimum atomic E-state index is -0.497. The van der Waals surface area contributed by atoms with Crippen molar-refractivity contribution in [3.05, 3.63) is 41.6 Å². The Kier molecular flexibility index (Phi) is 4.41.